The van der Waals surface area contributed by atoms with Gasteiger partial charge in [0.05, 0.1) is 14.2 Å². The van der Waals surface area contributed by atoms with E-state index in [-0.39, 0.29) is 0 Å². The van der Waals surface area contributed by atoms with Gasteiger partial charge >= 0.3 is 0 Å². The first-order chi connectivity index (χ1) is 12.5. The molecule has 2 unspecified atom stereocenters. The Balaban J connectivity index is 2.30. The van der Waals surface area contributed by atoms with Crippen LogP contribution in [0.25, 0.3) is 0 Å². The normalized spacial score (nSPS) is 13.3. The molecule has 0 aliphatic rings. The molecule has 3 heteroatoms. The Bertz CT molecular complexity index is 679. The fourth-order valence-electron chi connectivity index (χ4n) is 3.08. The molecule has 2 rings (SSSR count). The van der Waals surface area contributed by atoms with E-state index in [1.165, 1.54) is 5.56 Å². The minimum Gasteiger partial charge on any atom is -0.493 e. The lowest BCUT2D eigenvalue weighted by atomic mass is 9.85. The van der Waals surface area contributed by atoms with Crippen molar-refractivity contribution in [2.24, 2.45) is 11.8 Å². The molecule has 2 aromatic rings. The number of methoxy groups -OCH3 is 2. The summed E-state index contributed by atoms with van der Waals surface area (Å²) in [5.74, 6) is 3.99. The van der Waals surface area contributed by atoms with Crippen molar-refractivity contribution in [1.82, 2.24) is 0 Å². The lowest BCUT2D eigenvalue weighted by Crippen LogP contribution is -2.10. The van der Waals surface area contributed by atoms with Crippen LogP contribution in [-0.4, -0.2) is 14.2 Å². The molecule has 0 bridgehead atoms. The smallest absolute Gasteiger partial charge is 0.164 e. The van der Waals surface area contributed by atoms with Gasteiger partial charge in [0.15, 0.2) is 11.5 Å². The molecule has 0 saturated carbocycles. The topological polar surface area (TPSA) is 27.7 Å². The SMILES string of the molecule is COc1cc(OCc2ccccc2)c(C(C)CC(C)C(C)C)cc1OC. The summed E-state index contributed by atoms with van der Waals surface area (Å²) in [7, 11) is 3.33. The standard InChI is InChI=1S/C23H32O3/c1-16(2)17(3)12-18(4)20-13-22(24-5)23(25-6)14-21(20)26-15-19-10-8-7-9-11-19/h7-11,13-14,16-18H,12,15H2,1-6H3. The first kappa shape index (κ1) is 20.2. The van der Waals surface area contributed by atoms with E-state index in [0.29, 0.717) is 30.1 Å². The molecule has 0 aliphatic carbocycles. The second-order valence-electron chi connectivity index (χ2n) is 7.38. The van der Waals surface area contributed by atoms with Crippen molar-refractivity contribution in [3.8, 4) is 17.2 Å². The van der Waals surface area contributed by atoms with Crippen molar-refractivity contribution in [3.05, 3.63) is 53.6 Å². The molecule has 0 aromatic heterocycles. The Kier molecular flexibility index (Phi) is 7.38. The third-order valence-corrected chi connectivity index (χ3v) is 5.15. The fraction of sp³-hybridized carbons (Fsp3) is 0.478. The highest BCUT2D eigenvalue weighted by atomic mass is 16.5. The molecule has 2 atom stereocenters. The number of rotatable bonds is 9. The van der Waals surface area contributed by atoms with Crippen LogP contribution in [0.5, 0.6) is 17.2 Å². The van der Waals surface area contributed by atoms with E-state index in [0.717, 1.165) is 23.5 Å². The Hall–Kier alpha value is -2.16. The summed E-state index contributed by atoms with van der Waals surface area (Å²) in [5, 5.41) is 0. The molecule has 3 nitrogen and oxygen atoms in total. The second kappa shape index (κ2) is 9.51. The van der Waals surface area contributed by atoms with Crippen LogP contribution in [0.3, 0.4) is 0 Å². The second-order valence-corrected chi connectivity index (χ2v) is 7.38. The molecule has 0 N–H and O–H groups in total. The van der Waals surface area contributed by atoms with Gasteiger partial charge in [0, 0.05) is 11.6 Å². The molecular weight excluding hydrogens is 324 g/mol. The Morgan fingerprint density at radius 3 is 2.00 bits per heavy atom. The summed E-state index contributed by atoms with van der Waals surface area (Å²) in [6.07, 6.45) is 1.11. The summed E-state index contributed by atoms with van der Waals surface area (Å²) in [5.41, 5.74) is 2.32. The van der Waals surface area contributed by atoms with E-state index in [9.17, 15) is 0 Å². The molecular formula is C23H32O3. The van der Waals surface area contributed by atoms with Gasteiger partial charge in [0.25, 0.3) is 0 Å². The molecule has 0 heterocycles. The largest absolute Gasteiger partial charge is 0.493 e. The summed E-state index contributed by atoms with van der Waals surface area (Å²) in [4.78, 5) is 0. The van der Waals surface area contributed by atoms with Crippen LogP contribution < -0.4 is 14.2 Å². The van der Waals surface area contributed by atoms with Gasteiger partial charge in [-0.25, -0.2) is 0 Å². The number of benzene rings is 2. The molecule has 0 amide bonds. The zero-order valence-corrected chi connectivity index (χ0v) is 16.9. The van der Waals surface area contributed by atoms with E-state index in [2.05, 4.69) is 45.9 Å². The van der Waals surface area contributed by atoms with Crippen LogP contribution in [0.4, 0.5) is 0 Å². The number of hydrogen-bond donors (Lipinski definition) is 0. The van der Waals surface area contributed by atoms with E-state index >= 15 is 0 Å². The predicted molar refractivity (Wildman–Crippen MR) is 107 cm³/mol. The maximum absolute atomic E-state index is 6.19. The minimum absolute atomic E-state index is 0.373. The maximum Gasteiger partial charge on any atom is 0.164 e. The Morgan fingerprint density at radius 2 is 1.42 bits per heavy atom. The van der Waals surface area contributed by atoms with Crippen LogP contribution in [0.1, 0.15) is 51.2 Å². The molecule has 0 fully saturated rings. The molecule has 0 aliphatic heterocycles. The maximum atomic E-state index is 6.19. The van der Waals surface area contributed by atoms with Crippen molar-refractivity contribution in [1.29, 1.82) is 0 Å². The minimum atomic E-state index is 0.373. The monoisotopic (exact) mass is 356 g/mol. The lowest BCUT2D eigenvalue weighted by molar-refractivity contribution is 0.291. The fourth-order valence-corrected chi connectivity index (χ4v) is 3.08. The van der Waals surface area contributed by atoms with Crippen LogP contribution in [0, 0.1) is 11.8 Å². The van der Waals surface area contributed by atoms with Gasteiger partial charge in [0.2, 0.25) is 0 Å². The van der Waals surface area contributed by atoms with Gasteiger partial charge in [-0.05, 0) is 35.8 Å². The molecule has 0 saturated heterocycles. The van der Waals surface area contributed by atoms with Gasteiger partial charge in [-0.2, -0.15) is 0 Å². The number of ether oxygens (including phenoxy) is 3. The van der Waals surface area contributed by atoms with Crippen molar-refractivity contribution in [2.75, 3.05) is 14.2 Å². The van der Waals surface area contributed by atoms with Crippen molar-refractivity contribution >= 4 is 0 Å². The molecule has 0 spiro atoms. The third-order valence-electron chi connectivity index (χ3n) is 5.15. The van der Waals surface area contributed by atoms with Crippen LogP contribution in [0.2, 0.25) is 0 Å². The summed E-state index contributed by atoms with van der Waals surface area (Å²) >= 11 is 0. The van der Waals surface area contributed by atoms with Crippen LogP contribution >= 0.6 is 0 Å². The predicted octanol–water partition coefficient (Wildman–Crippen LogP) is 6.07. The van der Waals surface area contributed by atoms with Gasteiger partial charge in [-0.15, -0.1) is 0 Å². The molecule has 26 heavy (non-hydrogen) atoms. The van der Waals surface area contributed by atoms with Gasteiger partial charge in [-0.3, -0.25) is 0 Å². The quantitative estimate of drug-likeness (QED) is 0.546. The van der Waals surface area contributed by atoms with Gasteiger partial charge in [0.1, 0.15) is 12.4 Å². The Labute approximate surface area is 158 Å². The zero-order valence-electron chi connectivity index (χ0n) is 16.9. The molecule has 2 aromatic carbocycles. The van der Waals surface area contributed by atoms with Crippen LogP contribution in [0.15, 0.2) is 42.5 Å². The van der Waals surface area contributed by atoms with E-state index < -0.39 is 0 Å². The lowest BCUT2D eigenvalue weighted by Gasteiger charge is -2.24. The summed E-state index contributed by atoms with van der Waals surface area (Å²) in [6.45, 7) is 9.66. The zero-order chi connectivity index (χ0) is 19.1. The summed E-state index contributed by atoms with van der Waals surface area (Å²) in [6, 6.07) is 14.2. The van der Waals surface area contributed by atoms with E-state index in [1.807, 2.05) is 24.3 Å². The van der Waals surface area contributed by atoms with Crippen molar-refractivity contribution < 1.29 is 14.2 Å². The van der Waals surface area contributed by atoms with E-state index in [1.54, 1.807) is 14.2 Å². The van der Waals surface area contributed by atoms with Crippen LogP contribution in [-0.2, 0) is 6.61 Å². The molecule has 0 radical (unpaired) electrons. The Morgan fingerprint density at radius 1 is 0.808 bits per heavy atom. The highest BCUT2D eigenvalue weighted by molar-refractivity contribution is 5.52. The average molecular weight is 357 g/mol. The third kappa shape index (κ3) is 5.17. The number of hydrogen-bond acceptors (Lipinski definition) is 3. The highest BCUT2D eigenvalue weighted by Gasteiger charge is 2.20. The highest BCUT2D eigenvalue weighted by Crippen LogP contribution is 2.40. The van der Waals surface area contributed by atoms with Gasteiger partial charge in [-0.1, -0.05) is 58.0 Å². The van der Waals surface area contributed by atoms with E-state index in [4.69, 9.17) is 14.2 Å². The molecule has 142 valence electrons. The average Bonchev–Trinajstić information content (AvgIpc) is 2.66. The van der Waals surface area contributed by atoms with Crippen molar-refractivity contribution in [2.45, 2.75) is 46.6 Å². The first-order valence-electron chi connectivity index (χ1n) is 9.38. The van der Waals surface area contributed by atoms with Crippen molar-refractivity contribution in [3.63, 3.8) is 0 Å². The summed E-state index contributed by atoms with van der Waals surface area (Å²) < 4.78 is 17.2. The first-order valence-corrected chi connectivity index (χ1v) is 9.38. The van der Waals surface area contributed by atoms with Gasteiger partial charge < -0.3 is 14.2 Å².